The van der Waals surface area contributed by atoms with Crippen molar-refractivity contribution >= 4 is 0 Å². The Morgan fingerprint density at radius 3 is 2.37 bits per heavy atom. The summed E-state index contributed by atoms with van der Waals surface area (Å²) < 4.78 is 10.8. The predicted molar refractivity (Wildman–Crippen MR) is 80.4 cm³/mol. The molecule has 0 amide bonds. The molecule has 0 heterocycles. The molecule has 3 unspecified atom stereocenters. The molecule has 0 aromatic rings. The zero-order valence-electron chi connectivity index (χ0n) is 13.3. The van der Waals surface area contributed by atoms with Gasteiger partial charge in [0, 0.05) is 13.2 Å². The Labute approximate surface area is 119 Å². The molecule has 1 saturated carbocycles. The van der Waals surface area contributed by atoms with Crippen LogP contribution in [0, 0.1) is 17.8 Å². The van der Waals surface area contributed by atoms with Crippen LogP contribution < -0.4 is 5.32 Å². The molecule has 0 spiro atoms. The van der Waals surface area contributed by atoms with Gasteiger partial charge < -0.3 is 14.8 Å². The Balaban J connectivity index is 2.41. The van der Waals surface area contributed by atoms with Crippen molar-refractivity contribution in [1.29, 1.82) is 0 Å². The van der Waals surface area contributed by atoms with Gasteiger partial charge >= 0.3 is 0 Å². The molecule has 0 aromatic heterocycles. The van der Waals surface area contributed by atoms with Crippen LogP contribution in [0.15, 0.2) is 0 Å². The highest BCUT2D eigenvalue weighted by Gasteiger charge is 2.29. The number of methoxy groups -OCH3 is 1. The van der Waals surface area contributed by atoms with E-state index in [0.717, 1.165) is 30.9 Å². The van der Waals surface area contributed by atoms with Gasteiger partial charge in [0.25, 0.3) is 0 Å². The average Bonchev–Trinajstić information content (AvgIpc) is 2.36. The number of rotatable bonds is 9. The van der Waals surface area contributed by atoms with Gasteiger partial charge in [0.15, 0.2) is 0 Å². The second kappa shape index (κ2) is 9.73. The third-order valence-electron chi connectivity index (χ3n) is 4.17. The van der Waals surface area contributed by atoms with Crippen LogP contribution >= 0.6 is 0 Å². The summed E-state index contributed by atoms with van der Waals surface area (Å²) in [5, 5.41) is 3.69. The molecule has 3 atom stereocenters. The minimum absolute atomic E-state index is 0.516. The number of ether oxygens (including phenoxy) is 2. The van der Waals surface area contributed by atoms with Gasteiger partial charge in [0.05, 0.1) is 19.8 Å². The predicted octanol–water partition coefficient (Wildman–Crippen LogP) is 3.09. The van der Waals surface area contributed by atoms with Crippen molar-refractivity contribution in [1.82, 2.24) is 5.32 Å². The van der Waals surface area contributed by atoms with Gasteiger partial charge in [-0.05, 0) is 50.0 Å². The van der Waals surface area contributed by atoms with E-state index in [1.807, 2.05) is 0 Å². The van der Waals surface area contributed by atoms with Crippen LogP contribution in [0.5, 0.6) is 0 Å². The summed E-state index contributed by atoms with van der Waals surface area (Å²) in [6.45, 7) is 10.3. The van der Waals surface area contributed by atoms with E-state index in [1.54, 1.807) is 7.11 Å². The molecule has 19 heavy (non-hydrogen) atoms. The quantitative estimate of drug-likeness (QED) is 0.654. The number of hydrogen-bond acceptors (Lipinski definition) is 3. The van der Waals surface area contributed by atoms with Crippen molar-refractivity contribution in [3.8, 4) is 0 Å². The van der Waals surface area contributed by atoms with Gasteiger partial charge in [0.1, 0.15) is 0 Å². The van der Waals surface area contributed by atoms with E-state index in [0.29, 0.717) is 19.3 Å². The van der Waals surface area contributed by atoms with Gasteiger partial charge in [-0.1, -0.05) is 20.8 Å². The first-order valence-corrected chi connectivity index (χ1v) is 7.97. The lowest BCUT2D eigenvalue weighted by atomic mass is 9.74. The summed E-state index contributed by atoms with van der Waals surface area (Å²) in [5.74, 6) is 2.49. The lowest BCUT2D eigenvalue weighted by molar-refractivity contribution is 0.0384. The molecule has 0 saturated heterocycles. The fraction of sp³-hybridized carbons (Fsp3) is 1.00. The summed E-state index contributed by atoms with van der Waals surface area (Å²) in [6, 6.07) is 0.516. The van der Waals surface area contributed by atoms with Gasteiger partial charge in [-0.3, -0.25) is 0 Å². The normalized spacial score (nSPS) is 29.4. The van der Waals surface area contributed by atoms with Crippen LogP contribution in [-0.2, 0) is 9.47 Å². The molecule has 0 aliphatic heterocycles. The number of nitrogens with one attached hydrogen (secondary N) is 1. The first-order valence-electron chi connectivity index (χ1n) is 7.97. The first-order chi connectivity index (χ1) is 9.17. The fourth-order valence-electron chi connectivity index (χ4n) is 3.38. The van der Waals surface area contributed by atoms with Gasteiger partial charge in [-0.15, -0.1) is 0 Å². The van der Waals surface area contributed by atoms with Crippen molar-refractivity contribution in [3.05, 3.63) is 0 Å². The van der Waals surface area contributed by atoms with Crippen LogP contribution in [0.4, 0.5) is 0 Å². The third kappa shape index (κ3) is 6.73. The molecule has 1 N–H and O–H groups in total. The SMILES string of the molecule is CCCNC(COCCOC)C1CC(C)CC(C)C1. The molecule has 0 radical (unpaired) electrons. The monoisotopic (exact) mass is 271 g/mol. The lowest BCUT2D eigenvalue weighted by Crippen LogP contribution is -2.43. The summed E-state index contributed by atoms with van der Waals surface area (Å²) in [7, 11) is 1.72. The Hall–Kier alpha value is -0.120. The maximum atomic E-state index is 5.77. The first kappa shape index (κ1) is 16.9. The minimum atomic E-state index is 0.516. The van der Waals surface area contributed by atoms with Crippen molar-refractivity contribution < 1.29 is 9.47 Å². The van der Waals surface area contributed by atoms with Gasteiger partial charge in [-0.25, -0.2) is 0 Å². The average molecular weight is 271 g/mol. The van der Waals surface area contributed by atoms with Crippen molar-refractivity contribution in [2.24, 2.45) is 17.8 Å². The molecule has 1 aliphatic carbocycles. The van der Waals surface area contributed by atoms with Crippen LogP contribution in [0.25, 0.3) is 0 Å². The molecule has 0 aromatic carbocycles. The molecular weight excluding hydrogens is 238 g/mol. The van der Waals surface area contributed by atoms with E-state index in [9.17, 15) is 0 Å². The molecule has 114 valence electrons. The Kier molecular flexibility index (Phi) is 8.67. The minimum Gasteiger partial charge on any atom is -0.382 e. The smallest absolute Gasteiger partial charge is 0.0701 e. The van der Waals surface area contributed by atoms with E-state index < -0.39 is 0 Å². The van der Waals surface area contributed by atoms with Crippen LogP contribution in [0.3, 0.4) is 0 Å². The Morgan fingerprint density at radius 1 is 1.11 bits per heavy atom. The van der Waals surface area contributed by atoms with E-state index >= 15 is 0 Å². The van der Waals surface area contributed by atoms with E-state index in [1.165, 1.54) is 25.7 Å². The Bertz CT molecular complexity index is 213. The summed E-state index contributed by atoms with van der Waals surface area (Å²) in [5.41, 5.74) is 0. The number of hydrogen-bond donors (Lipinski definition) is 1. The fourth-order valence-corrected chi connectivity index (χ4v) is 3.38. The van der Waals surface area contributed by atoms with Gasteiger partial charge in [0.2, 0.25) is 0 Å². The summed E-state index contributed by atoms with van der Waals surface area (Å²) >= 11 is 0. The second-order valence-electron chi connectivity index (χ2n) is 6.31. The molecule has 1 rings (SSSR count). The van der Waals surface area contributed by atoms with Crippen LogP contribution in [-0.4, -0.2) is 39.5 Å². The lowest BCUT2D eigenvalue weighted by Gasteiger charge is -2.37. The summed E-state index contributed by atoms with van der Waals surface area (Å²) in [4.78, 5) is 0. The Morgan fingerprint density at radius 2 is 1.79 bits per heavy atom. The second-order valence-corrected chi connectivity index (χ2v) is 6.31. The molecular formula is C16H33NO2. The summed E-state index contributed by atoms with van der Waals surface area (Å²) in [6.07, 6.45) is 5.27. The molecule has 3 heteroatoms. The highest BCUT2D eigenvalue weighted by molar-refractivity contribution is 4.83. The molecule has 1 fully saturated rings. The molecule has 3 nitrogen and oxygen atoms in total. The van der Waals surface area contributed by atoms with Crippen molar-refractivity contribution in [3.63, 3.8) is 0 Å². The van der Waals surface area contributed by atoms with E-state index in [4.69, 9.17) is 9.47 Å². The molecule has 1 aliphatic rings. The highest BCUT2D eigenvalue weighted by atomic mass is 16.5. The van der Waals surface area contributed by atoms with Crippen molar-refractivity contribution in [2.75, 3.05) is 33.5 Å². The third-order valence-corrected chi connectivity index (χ3v) is 4.17. The largest absolute Gasteiger partial charge is 0.382 e. The van der Waals surface area contributed by atoms with E-state index in [2.05, 4.69) is 26.1 Å². The van der Waals surface area contributed by atoms with Gasteiger partial charge in [-0.2, -0.15) is 0 Å². The molecule has 0 bridgehead atoms. The topological polar surface area (TPSA) is 30.5 Å². The van der Waals surface area contributed by atoms with Crippen molar-refractivity contribution in [2.45, 2.75) is 52.5 Å². The zero-order chi connectivity index (χ0) is 14.1. The van der Waals surface area contributed by atoms with E-state index in [-0.39, 0.29) is 0 Å². The van der Waals surface area contributed by atoms with Crippen LogP contribution in [0.1, 0.15) is 46.5 Å². The highest BCUT2D eigenvalue weighted by Crippen LogP contribution is 2.34. The van der Waals surface area contributed by atoms with Crippen LogP contribution in [0.2, 0.25) is 0 Å². The maximum absolute atomic E-state index is 5.77. The zero-order valence-corrected chi connectivity index (χ0v) is 13.3. The maximum Gasteiger partial charge on any atom is 0.0701 e. The standard InChI is InChI=1S/C16H33NO2/c1-5-6-17-16(12-19-8-7-18-4)15-10-13(2)9-14(3)11-15/h13-17H,5-12H2,1-4H3.